The van der Waals surface area contributed by atoms with Gasteiger partial charge in [0, 0.05) is 5.56 Å². The summed E-state index contributed by atoms with van der Waals surface area (Å²) < 4.78 is 18.7. The van der Waals surface area contributed by atoms with E-state index < -0.39 is 5.82 Å². The first kappa shape index (κ1) is 12.3. The van der Waals surface area contributed by atoms with E-state index in [1.165, 1.54) is 6.07 Å². The lowest BCUT2D eigenvalue weighted by Crippen LogP contribution is -1.90. The van der Waals surface area contributed by atoms with Gasteiger partial charge in [-0.25, -0.2) is 4.39 Å². The number of phenols is 1. The molecule has 0 aliphatic carbocycles. The minimum atomic E-state index is -0.401. The van der Waals surface area contributed by atoms with Gasteiger partial charge in [-0.15, -0.1) is 0 Å². The average molecular weight is 270 g/mol. The van der Waals surface area contributed by atoms with Crippen molar-refractivity contribution in [2.75, 3.05) is 0 Å². The zero-order valence-electron chi connectivity index (χ0n) is 10.5. The van der Waals surface area contributed by atoms with Crippen molar-refractivity contribution in [3.05, 3.63) is 65.8 Å². The van der Waals surface area contributed by atoms with Crippen molar-refractivity contribution in [2.45, 2.75) is 6.42 Å². The van der Waals surface area contributed by atoms with E-state index in [1.54, 1.807) is 36.4 Å². The van der Waals surface area contributed by atoms with Crippen LogP contribution in [0.2, 0.25) is 0 Å². The van der Waals surface area contributed by atoms with Gasteiger partial charge in [-0.05, 0) is 18.2 Å². The number of aromatic nitrogens is 2. The number of para-hydroxylation sites is 1. The number of hydrogen-bond donors (Lipinski definition) is 1. The summed E-state index contributed by atoms with van der Waals surface area (Å²) in [6, 6.07) is 13.1. The molecule has 1 heterocycles. The van der Waals surface area contributed by atoms with Crippen molar-refractivity contribution in [3.8, 4) is 17.1 Å². The molecule has 5 heteroatoms. The van der Waals surface area contributed by atoms with Crippen LogP contribution in [-0.2, 0) is 6.42 Å². The lowest BCUT2D eigenvalue weighted by molar-refractivity contribution is 0.383. The Kier molecular flexibility index (Phi) is 3.16. The minimum Gasteiger partial charge on any atom is -0.508 e. The van der Waals surface area contributed by atoms with Gasteiger partial charge < -0.3 is 9.63 Å². The maximum Gasteiger partial charge on any atom is 0.231 e. The molecular weight excluding hydrogens is 259 g/mol. The minimum absolute atomic E-state index is 0.165. The second-order valence-electron chi connectivity index (χ2n) is 4.30. The molecule has 4 nitrogen and oxygen atoms in total. The van der Waals surface area contributed by atoms with Crippen LogP contribution in [0.5, 0.6) is 5.75 Å². The molecule has 0 saturated carbocycles. The summed E-state index contributed by atoms with van der Waals surface area (Å²) >= 11 is 0. The molecule has 2 aromatic carbocycles. The van der Waals surface area contributed by atoms with Crippen LogP contribution in [-0.4, -0.2) is 15.2 Å². The zero-order chi connectivity index (χ0) is 13.9. The van der Waals surface area contributed by atoms with Crippen molar-refractivity contribution in [2.24, 2.45) is 0 Å². The molecule has 100 valence electrons. The van der Waals surface area contributed by atoms with E-state index in [0.717, 1.165) is 0 Å². The first-order valence-electron chi connectivity index (χ1n) is 6.08. The van der Waals surface area contributed by atoms with Crippen LogP contribution in [0.15, 0.2) is 53.1 Å². The van der Waals surface area contributed by atoms with E-state index in [-0.39, 0.29) is 11.6 Å². The normalized spacial score (nSPS) is 10.7. The Morgan fingerprint density at radius 3 is 2.60 bits per heavy atom. The second-order valence-corrected chi connectivity index (χ2v) is 4.30. The van der Waals surface area contributed by atoms with Gasteiger partial charge in [-0.1, -0.05) is 35.5 Å². The Hall–Kier alpha value is -2.69. The number of hydrogen-bond acceptors (Lipinski definition) is 4. The smallest absolute Gasteiger partial charge is 0.231 e. The first-order chi connectivity index (χ1) is 9.74. The van der Waals surface area contributed by atoms with Gasteiger partial charge >= 0.3 is 0 Å². The van der Waals surface area contributed by atoms with E-state index in [1.807, 2.05) is 6.07 Å². The third-order valence-corrected chi connectivity index (χ3v) is 2.92. The van der Waals surface area contributed by atoms with Gasteiger partial charge in [0.05, 0.1) is 12.0 Å². The fraction of sp³-hybridized carbons (Fsp3) is 0.0667. The molecule has 0 atom stereocenters. The summed E-state index contributed by atoms with van der Waals surface area (Å²) in [5, 5.41) is 13.5. The molecule has 0 aliphatic heterocycles. The molecule has 0 amide bonds. The molecular formula is C15H11FN2O2. The highest BCUT2D eigenvalue weighted by Crippen LogP contribution is 2.22. The topological polar surface area (TPSA) is 59.2 Å². The Morgan fingerprint density at radius 1 is 1.05 bits per heavy atom. The summed E-state index contributed by atoms with van der Waals surface area (Å²) in [5.74, 6) is 0.291. The fourth-order valence-electron chi connectivity index (χ4n) is 1.90. The molecule has 0 bridgehead atoms. The second kappa shape index (κ2) is 5.13. The maximum absolute atomic E-state index is 13.6. The predicted molar refractivity (Wildman–Crippen MR) is 70.6 cm³/mol. The Labute approximate surface area is 114 Å². The van der Waals surface area contributed by atoms with E-state index in [2.05, 4.69) is 10.1 Å². The molecule has 1 aromatic heterocycles. The third-order valence-electron chi connectivity index (χ3n) is 2.92. The van der Waals surface area contributed by atoms with Gasteiger partial charge in [0.2, 0.25) is 11.7 Å². The van der Waals surface area contributed by atoms with Crippen molar-refractivity contribution < 1.29 is 14.0 Å². The highest BCUT2D eigenvalue weighted by molar-refractivity contribution is 5.54. The van der Waals surface area contributed by atoms with Crippen molar-refractivity contribution in [1.82, 2.24) is 10.1 Å². The predicted octanol–water partition coefficient (Wildman–Crippen LogP) is 3.17. The summed E-state index contributed by atoms with van der Waals surface area (Å²) in [4.78, 5) is 4.15. The number of rotatable bonds is 3. The molecule has 0 aliphatic rings. The van der Waals surface area contributed by atoms with Gasteiger partial charge in [0.15, 0.2) is 0 Å². The maximum atomic E-state index is 13.6. The lowest BCUT2D eigenvalue weighted by Gasteiger charge is -1.99. The SMILES string of the molecule is Oc1ccccc1Cc1nc(-c2ccccc2F)no1. The van der Waals surface area contributed by atoms with E-state index >= 15 is 0 Å². The molecule has 0 saturated heterocycles. The van der Waals surface area contributed by atoms with E-state index in [0.29, 0.717) is 23.4 Å². The van der Waals surface area contributed by atoms with Crippen LogP contribution >= 0.6 is 0 Å². The van der Waals surface area contributed by atoms with Crippen LogP contribution in [0.4, 0.5) is 4.39 Å². The number of nitrogens with zero attached hydrogens (tertiary/aromatic N) is 2. The van der Waals surface area contributed by atoms with Gasteiger partial charge in [0.25, 0.3) is 0 Å². The van der Waals surface area contributed by atoms with E-state index in [9.17, 15) is 9.50 Å². The van der Waals surface area contributed by atoms with Crippen molar-refractivity contribution in [1.29, 1.82) is 0 Å². The fourth-order valence-corrected chi connectivity index (χ4v) is 1.90. The summed E-state index contributed by atoms with van der Waals surface area (Å²) in [7, 11) is 0. The number of halogens is 1. The number of aromatic hydroxyl groups is 1. The Bertz CT molecular complexity index is 740. The monoisotopic (exact) mass is 270 g/mol. The molecule has 0 unspecified atom stereocenters. The number of benzene rings is 2. The van der Waals surface area contributed by atoms with Crippen LogP contribution in [0.3, 0.4) is 0 Å². The van der Waals surface area contributed by atoms with Crippen LogP contribution in [0.25, 0.3) is 11.4 Å². The molecule has 3 aromatic rings. The summed E-state index contributed by atoms with van der Waals surface area (Å²) in [6.45, 7) is 0. The van der Waals surface area contributed by atoms with E-state index in [4.69, 9.17) is 4.52 Å². The first-order valence-corrected chi connectivity index (χ1v) is 6.08. The molecule has 3 rings (SSSR count). The quantitative estimate of drug-likeness (QED) is 0.794. The van der Waals surface area contributed by atoms with Crippen molar-refractivity contribution >= 4 is 0 Å². The number of phenolic OH excluding ortho intramolecular Hbond substituents is 1. The summed E-state index contributed by atoms with van der Waals surface area (Å²) in [5.41, 5.74) is 0.969. The molecule has 0 fully saturated rings. The Balaban J connectivity index is 1.88. The molecule has 0 radical (unpaired) electrons. The highest BCUT2D eigenvalue weighted by Gasteiger charge is 2.13. The van der Waals surface area contributed by atoms with Gasteiger partial charge in [0.1, 0.15) is 11.6 Å². The molecule has 20 heavy (non-hydrogen) atoms. The van der Waals surface area contributed by atoms with Gasteiger partial charge in [-0.2, -0.15) is 4.98 Å². The van der Waals surface area contributed by atoms with Crippen LogP contribution < -0.4 is 0 Å². The zero-order valence-corrected chi connectivity index (χ0v) is 10.5. The molecule has 0 spiro atoms. The third kappa shape index (κ3) is 2.38. The average Bonchev–Trinajstić information content (AvgIpc) is 2.90. The standard InChI is InChI=1S/C15H11FN2O2/c16-12-7-3-2-6-11(12)15-17-14(20-18-15)9-10-5-1-4-8-13(10)19/h1-8,19H,9H2. The van der Waals surface area contributed by atoms with Crippen molar-refractivity contribution in [3.63, 3.8) is 0 Å². The van der Waals surface area contributed by atoms with Crippen LogP contribution in [0.1, 0.15) is 11.5 Å². The lowest BCUT2D eigenvalue weighted by atomic mass is 10.1. The highest BCUT2D eigenvalue weighted by atomic mass is 19.1. The van der Waals surface area contributed by atoms with Gasteiger partial charge in [-0.3, -0.25) is 0 Å². The van der Waals surface area contributed by atoms with Crippen LogP contribution in [0, 0.1) is 5.82 Å². The molecule has 1 N–H and O–H groups in total. The largest absolute Gasteiger partial charge is 0.508 e. The summed E-state index contributed by atoms with van der Waals surface area (Å²) in [6.07, 6.45) is 0.300. The Morgan fingerprint density at radius 2 is 1.80 bits per heavy atom.